The summed E-state index contributed by atoms with van der Waals surface area (Å²) in [5, 5.41) is 0. The molecule has 98 valence electrons. The van der Waals surface area contributed by atoms with E-state index in [9.17, 15) is 0 Å². The molecule has 0 aliphatic heterocycles. The van der Waals surface area contributed by atoms with Gasteiger partial charge in [-0.15, -0.1) is 0 Å². The van der Waals surface area contributed by atoms with E-state index >= 15 is 0 Å². The summed E-state index contributed by atoms with van der Waals surface area (Å²) in [6, 6.07) is 14.5. The van der Waals surface area contributed by atoms with Gasteiger partial charge in [0.25, 0.3) is 0 Å². The van der Waals surface area contributed by atoms with Crippen LogP contribution in [0.2, 0.25) is 0 Å². The van der Waals surface area contributed by atoms with Gasteiger partial charge >= 0.3 is 0 Å². The Hall–Kier alpha value is -2.42. The molecule has 1 saturated carbocycles. The first-order valence-corrected chi connectivity index (χ1v) is 6.97. The average Bonchev–Trinajstić information content (AvgIpc) is 3.25. The Morgan fingerprint density at radius 1 is 0.950 bits per heavy atom. The van der Waals surface area contributed by atoms with Crippen molar-refractivity contribution in [1.29, 1.82) is 0 Å². The molecule has 1 aliphatic carbocycles. The van der Waals surface area contributed by atoms with Crippen molar-refractivity contribution in [3.05, 3.63) is 66.9 Å². The molecule has 2 heterocycles. The molecule has 2 aromatic heterocycles. The quantitative estimate of drug-likeness (QED) is 0.717. The first kappa shape index (κ1) is 11.4. The van der Waals surface area contributed by atoms with Gasteiger partial charge < -0.3 is 4.57 Å². The summed E-state index contributed by atoms with van der Waals surface area (Å²) in [5.74, 6) is 1.83. The minimum atomic E-state index is 0.642. The number of benzene rings is 1. The van der Waals surface area contributed by atoms with Crippen LogP contribution in [0.5, 0.6) is 0 Å². The van der Waals surface area contributed by atoms with Crippen molar-refractivity contribution < 1.29 is 0 Å². The fraction of sp³-hybridized carbons (Fsp3) is 0.176. The second kappa shape index (κ2) is 4.60. The second-order valence-corrected chi connectivity index (χ2v) is 5.20. The molecule has 0 unspecified atom stereocenters. The van der Waals surface area contributed by atoms with Crippen LogP contribution in [0.3, 0.4) is 0 Å². The summed E-state index contributed by atoms with van der Waals surface area (Å²) in [7, 11) is 0. The zero-order chi connectivity index (χ0) is 13.4. The molecule has 3 aromatic rings. The molecule has 0 saturated heterocycles. The normalized spacial score (nSPS) is 14.4. The molecule has 0 atom stereocenters. The molecule has 0 amide bonds. The Bertz CT molecular complexity index is 727. The second-order valence-electron chi connectivity index (χ2n) is 5.20. The Morgan fingerprint density at radius 3 is 2.70 bits per heavy atom. The summed E-state index contributed by atoms with van der Waals surface area (Å²) >= 11 is 0. The number of aromatic nitrogens is 3. The van der Waals surface area contributed by atoms with Crippen molar-refractivity contribution in [2.75, 3.05) is 0 Å². The first-order chi connectivity index (χ1) is 9.92. The molecule has 4 rings (SSSR count). The zero-order valence-electron chi connectivity index (χ0n) is 11.1. The van der Waals surface area contributed by atoms with Gasteiger partial charge in [0, 0.05) is 35.8 Å². The lowest BCUT2D eigenvalue weighted by molar-refractivity contribution is 0.880. The van der Waals surface area contributed by atoms with Gasteiger partial charge in [-0.1, -0.05) is 18.2 Å². The Labute approximate surface area is 117 Å². The third-order valence-electron chi connectivity index (χ3n) is 3.70. The smallest absolute Gasteiger partial charge is 0.116 e. The van der Waals surface area contributed by atoms with Crippen molar-refractivity contribution in [3.63, 3.8) is 0 Å². The molecule has 20 heavy (non-hydrogen) atoms. The number of hydrogen-bond donors (Lipinski definition) is 0. The molecule has 0 N–H and O–H groups in total. The van der Waals surface area contributed by atoms with Crippen molar-refractivity contribution in [2.24, 2.45) is 0 Å². The SMILES string of the molecule is c1ccc(-c2cccc(-n3ccnc3C3CC3)c2)nc1. The molecule has 0 radical (unpaired) electrons. The summed E-state index contributed by atoms with van der Waals surface area (Å²) < 4.78 is 2.20. The number of rotatable bonds is 3. The summed E-state index contributed by atoms with van der Waals surface area (Å²) in [6.07, 6.45) is 8.29. The minimum Gasteiger partial charge on any atom is -0.304 e. The van der Waals surface area contributed by atoms with Crippen LogP contribution in [-0.4, -0.2) is 14.5 Å². The van der Waals surface area contributed by atoms with E-state index in [0.29, 0.717) is 5.92 Å². The van der Waals surface area contributed by atoms with Crippen molar-refractivity contribution in [3.8, 4) is 16.9 Å². The summed E-state index contributed by atoms with van der Waals surface area (Å²) in [5.41, 5.74) is 3.30. The molecule has 1 fully saturated rings. The molecule has 1 aromatic carbocycles. The van der Waals surface area contributed by atoms with E-state index in [2.05, 4.69) is 38.8 Å². The molecule has 0 spiro atoms. The van der Waals surface area contributed by atoms with Crippen LogP contribution >= 0.6 is 0 Å². The van der Waals surface area contributed by atoms with Crippen LogP contribution in [0.4, 0.5) is 0 Å². The monoisotopic (exact) mass is 261 g/mol. The van der Waals surface area contributed by atoms with E-state index < -0.39 is 0 Å². The Balaban J connectivity index is 1.78. The predicted molar refractivity (Wildman–Crippen MR) is 78.8 cm³/mol. The molecular formula is C17H15N3. The molecule has 0 bridgehead atoms. The van der Waals surface area contributed by atoms with Gasteiger partial charge in [0.05, 0.1) is 5.69 Å². The number of imidazole rings is 1. The molecular weight excluding hydrogens is 246 g/mol. The molecule has 1 aliphatic rings. The maximum Gasteiger partial charge on any atom is 0.116 e. The summed E-state index contributed by atoms with van der Waals surface area (Å²) in [6.45, 7) is 0. The van der Waals surface area contributed by atoms with Gasteiger partial charge in [-0.05, 0) is 37.1 Å². The lowest BCUT2D eigenvalue weighted by atomic mass is 10.1. The largest absolute Gasteiger partial charge is 0.304 e. The van der Waals surface area contributed by atoms with Crippen LogP contribution in [0, 0.1) is 0 Å². The van der Waals surface area contributed by atoms with Crippen LogP contribution < -0.4 is 0 Å². The van der Waals surface area contributed by atoms with E-state index in [4.69, 9.17) is 0 Å². The van der Waals surface area contributed by atoms with Gasteiger partial charge in [0.1, 0.15) is 5.82 Å². The van der Waals surface area contributed by atoms with Gasteiger partial charge in [-0.2, -0.15) is 0 Å². The number of pyridine rings is 1. The maximum absolute atomic E-state index is 4.50. The van der Waals surface area contributed by atoms with Crippen LogP contribution in [0.25, 0.3) is 16.9 Å². The van der Waals surface area contributed by atoms with Crippen LogP contribution in [0.1, 0.15) is 24.6 Å². The van der Waals surface area contributed by atoms with Gasteiger partial charge in [0.2, 0.25) is 0 Å². The van der Waals surface area contributed by atoms with Gasteiger partial charge in [0.15, 0.2) is 0 Å². The van der Waals surface area contributed by atoms with Gasteiger partial charge in [-0.25, -0.2) is 4.98 Å². The highest BCUT2D eigenvalue weighted by molar-refractivity contribution is 5.62. The molecule has 3 nitrogen and oxygen atoms in total. The fourth-order valence-corrected chi connectivity index (χ4v) is 2.53. The minimum absolute atomic E-state index is 0.642. The van der Waals surface area contributed by atoms with Crippen molar-refractivity contribution >= 4 is 0 Å². The van der Waals surface area contributed by atoms with Crippen LogP contribution in [0.15, 0.2) is 61.1 Å². The highest BCUT2D eigenvalue weighted by atomic mass is 15.1. The van der Waals surface area contributed by atoms with E-state index in [1.165, 1.54) is 18.7 Å². The Kier molecular flexibility index (Phi) is 2.62. The third-order valence-corrected chi connectivity index (χ3v) is 3.70. The Morgan fingerprint density at radius 2 is 1.90 bits per heavy atom. The van der Waals surface area contributed by atoms with Crippen molar-refractivity contribution in [1.82, 2.24) is 14.5 Å². The van der Waals surface area contributed by atoms with Gasteiger partial charge in [-0.3, -0.25) is 4.98 Å². The van der Waals surface area contributed by atoms with E-state index in [1.54, 1.807) is 0 Å². The average molecular weight is 261 g/mol. The van der Waals surface area contributed by atoms with E-state index in [1.807, 2.05) is 36.8 Å². The third kappa shape index (κ3) is 2.01. The highest BCUT2D eigenvalue weighted by Gasteiger charge is 2.28. The van der Waals surface area contributed by atoms with E-state index in [-0.39, 0.29) is 0 Å². The zero-order valence-corrected chi connectivity index (χ0v) is 11.1. The highest BCUT2D eigenvalue weighted by Crippen LogP contribution is 2.39. The fourth-order valence-electron chi connectivity index (χ4n) is 2.53. The first-order valence-electron chi connectivity index (χ1n) is 6.97. The number of hydrogen-bond acceptors (Lipinski definition) is 2. The summed E-state index contributed by atoms with van der Waals surface area (Å²) in [4.78, 5) is 8.92. The standard InChI is InChI=1S/C17H15N3/c1-2-9-18-16(6-1)14-4-3-5-15(12-14)20-11-10-19-17(20)13-7-8-13/h1-6,9-13H,7-8H2. The lowest BCUT2D eigenvalue weighted by Crippen LogP contribution is -1.99. The van der Waals surface area contributed by atoms with Crippen molar-refractivity contribution in [2.45, 2.75) is 18.8 Å². The molecule has 3 heteroatoms. The van der Waals surface area contributed by atoms with E-state index in [0.717, 1.165) is 16.9 Å². The topological polar surface area (TPSA) is 30.7 Å². The maximum atomic E-state index is 4.50. The van der Waals surface area contributed by atoms with Crippen LogP contribution in [-0.2, 0) is 0 Å². The lowest BCUT2D eigenvalue weighted by Gasteiger charge is -2.09. The predicted octanol–water partition coefficient (Wildman–Crippen LogP) is 3.81. The number of nitrogens with zero attached hydrogens (tertiary/aromatic N) is 3.